The minimum absolute atomic E-state index is 0.0755. The highest BCUT2D eigenvalue weighted by molar-refractivity contribution is 5.79. The summed E-state index contributed by atoms with van der Waals surface area (Å²) in [5.41, 5.74) is 7.36. The average molecular weight is 341 g/mol. The lowest BCUT2D eigenvalue weighted by Crippen LogP contribution is -2.06. The van der Waals surface area contributed by atoms with Gasteiger partial charge in [0.1, 0.15) is 5.75 Å². The first-order chi connectivity index (χ1) is 12.0. The van der Waals surface area contributed by atoms with Gasteiger partial charge in [-0.2, -0.15) is 5.10 Å². The quantitative estimate of drug-likeness (QED) is 0.414. The molecule has 25 heavy (non-hydrogen) atoms. The summed E-state index contributed by atoms with van der Waals surface area (Å²) in [6, 6.07) is 8.49. The first kappa shape index (κ1) is 16.2. The zero-order chi connectivity index (χ0) is 17.8. The molecule has 0 fully saturated rings. The highest BCUT2D eigenvalue weighted by Crippen LogP contribution is 2.13. The van der Waals surface area contributed by atoms with Gasteiger partial charge >= 0.3 is 5.82 Å². The molecule has 2 N–H and O–H groups in total. The maximum absolute atomic E-state index is 10.6. The topological polar surface area (TPSA) is 126 Å². The largest absolute Gasteiger partial charge is 0.469 e. The van der Waals surface area contributed by atoms with Crippen molar-refractivity contribution in [2.45, 2.75) is 13.7 Å². The molecule has 2 heterocycles. The number of aromatic nitrogens is 4. The second-order valence-corrected chi connectivity index (χ2v) is 5.14. The molecule has 0 aliphatic carbocycles. The van der Waals surface area contributed by atoms with E-state index in [0.29, 0.717) is 11.7 Å². The SMILES string of the molecule is Cc1cn(N=Cc2ccc(OCn3ccc([N+](=O)[O-])n3)cc2)c(N)n1. The second-order valence-electron chi connectivity index (χ2n) is 5.14. The predicted octanol–water partition coefficient (Wildman–Crippen LogP) is 1.80. The van der Waals surface area contributed by atoms with Crippen LogP contribution in [0.1, 0.15) is 11.3 Å². The molecule has 0 aliphatic heterocycles. The molecule has 0 aliphatic rings. The maximum atomic E-state index is 10.6. The van der Waals surface area contributed by atoms with E-state index in [1.165, 1.54) is 21.6 Å². The van der Waals surface area contributed by atoms with Gasteiger partial charge in [0.25, 0.3) is 0 Å². The Bertz CT molecular complexity index is 912. The molecule has 10 heteroatoms. The number of hydrogen-bond donors (Lipinski definition) is 1. The molecule has 128 valence electrons. The van der Waals surface area contributed by atoms with Crippen LogP contribution in [0.5, 0.6) is 5.75 Å². The minimum atomic E-state index is -0.556. The monoisotopic (exact) mass is 341 g/mol. The van der Waals surface area contributed by atoms with Crippen molar-refractivity contribution >= 4 is 18.0 Å². The second kappa shape index (κ2) is 6.83. The van der Waals surface area contributed by atoms with E-state index >= 15 is 0 Å². The van der Waals surface area contributed by atoms with Gasteiger partial charge in [-0.3, -0.25) is 0 Å². The summed E-state index contributed by atoms with van der Waals surface area (Å²) < 4.78 is 8.36. The van der Waals surface area contributed by atoms with Crippen LogP contribution in [-0.4, -0.2) is 30.6 Å². The number of nitrogens with zero attached hydrogens (tertiary/aromatic N) is 6. The third kappa shape index (κ3) is 3.99. The zero-order valence-electron chi connectivity index (χ0n) is 13.3. The van der Waals surface area contributed by atoms with Crippen LogP contribution >= 0.6 is 0 Å². The van der Waals surface area contributed by atoms with Crippen LogP contribution in [-0.2, 0) is 6.73 Å². The van der Waals surface area contributed by atoms with Crippen molar-refractivity contribution in [1.82, 2.24) is 19.4 Å². The van der Waals surface area contributed by atoms with Crippen LogP contribution in [0.15, 0.2) is 47.8 Å². The molecule has 2 aromatic heterocycles. The summed E-state index contributed by atoms with van der Waals surface area (Å²) in [5.74, 6) is 0.708. The van der Waals surface area contributed by atoms with Crippen LogP contribution in [0.4, 0.5) is 11.8 Å². The summed E-state index contributed by atoms with van der Waals surface area (Å²) in [6.07, 6.45) is 4.86. The fraction of sp³-hybridized carbons (Fsp3) is 0.133. The normalized spacial score (nSPS) is 11.1. The molecule has 0 saturated carbocycles. The van der Waals surface area contributed by atoms with E-state index in [0.717, 1.165) is 11.3 Å². The molecule has 0 bridgehead atoms. The van der Waals surface area contributed by atoms with Gasteiger partial charge in [-0.15, -0.1) is 4.68 Å². The van der Waals surface area contributed by atoms with Crippen LogP contribution in [0, 0.1) is 17.0 Å². The van der Waals surface area contributed by atoms with Gasteiger partial charge in [-0.05, 0) is 41.7 Å². The Hall–Kier alpha value is -3.69. The summed E-state index contributed by atoms with van der Waals surface area (Å²) in [5, 5.41) is 18.6. The van der Waals surface area contributed by atoms with Crippen molar-refractivity contribution in [3.8, 4) is 5.75 Å². The van der Waals surface area contributed by atoms with E-state index in [9.17, 15) is 10.1 Å². The number of aryl methyl sites for hydroxylation is 1. The third-order valence-electron chi connectivity index (χ3n) is 3.22. The first-order valence-corrected chi connectivity index (χ1v) is 7.28. The lowest BCUT2D eigenvalue weighted by molar-refractivity contribution is -0.389. The minimum Gasteiger partial charge on any atom is -0.469 e. The van der Waals surface area contributed by atoms with Crippen LogP contribution in [0.3, 0.4) is 0 Å². The van der Waals surface area contributed by atoms with E-state index < -0.39 is 4.92 Å². The van der Waals surface area contributed by atoms with Crippen molar-refractivity contribution in [2.75, 3.05) is 5.73 Å². The van der Waals surface area contributed by atoms with Crippen LogP contribution < -0.4 is 10.5 Å². The maximum Gasteiger partial charge on any atom is 0.390 e. The zero-order valence-corrected chi connectivity index (χ0v) is 13.3. The van der Waals surface area contributed by atoms with E-state index in [-0.39, 0.29) is 12.5 Å². The van der Waals surface area contributed by atoms with E-state index in [2.05, 4.69) is 15.2 Å². The van der Waals surface area contributed by atoms with Crippen molar-refractivity contribution < 1.29 is 9.66 Å². The molecule has 0 atom stereocenters. The highest BCUT2D eigenvalue weighted by atomic mass is 16.6. The molecule has 0 spiro atoms. The predicted molar refractivity (Wildman–Crippen MR) is 90.3 cm³/mol. The molecular weight excluding hydrogens is 326 g/mol. The lowest BCUT2D eigenvalue weighted by atomic mass is 10.2. The molecule has 0 saturated heterocycles. The number of benzene rings is 1. The summed E-state index contributed by atoms with van der Waals surface area (Å²) >= 11 is 0. The standard InChI is InChI=1S/C15H15N7O3/c1-11-9-21(15(16)18-11)17-8-12-2-4-13(5-3-12)25-10-20-7-6-14(19-20)22(23)24/h2-9H,10H2,1H3,(H2,16,18). The van der Waals surface area contributed by atoms with Gasteiger partial charge in [0, 0.05) is 0 Å². The van der Waals surface area contributed by atoms with Gasteiger partial charge < -0.3 is 20.6 Å². The Kier molecular flexibility index (Phi) is 4.42. The average Bonchev–Trinajstić information content (AvgIpc) is 3.18. The molecule has 3 rings (SSSR count). The Balaban J connectivity index is 1.60. The Labute approximate surface area is 142 Å². The summed E-state index contributed by atoms with van der Waals surface area (Å²) in [6.45, 7) is 1.91. The van der Waals surface area contributed by atoms with E-state index in [1.54, 1.807) is 24.5 Å². The van der Waals surface area contributed by atoms with Crippen molar-refractivity contribution in [3.05, 3.63) is 64.1 Å². The van der Waals surface area contributed by atoms with Gasteiger partial charge in [-0.25, -0.2) is 9.66 Å². The van der Waals surface area contributed by atoms with Crippen molar-refractivity contribution in [3.63, 3.8) is 0 Å². The number of hydrogen-bond acceptors (Lipinski definition) is 7. The number of imidazole rings is 1. The van der Waals surface area contributed by atoms with Crippen LogP contribution in [0.25, 0.3) is 0 Å². The number of anilines is 1. The fourth-order valence-electron chi connectivity index (χ4n) is 2.04. The summed E-state index contributed by atoms with van der Waals surface area (Å²) in [4.78, 5) is 14.1. The number of ether oxygens (including phenoxy) is 1. The molecule has 3 aromatic rings. The van der Waals surface area contributed by atoms with Crippen molar-refractivity contribution in [2.24, 2.45) is 5.10 Å². The van der Waals surface area contributed by atoms with Crippen LogP contribution in [0.2, 0.25) is 0 Å². The molecule has 0 amide bonds. The molecule has 1 aromatic carbocycles. The summed E-state index contributed by atoms with van der Waals surface area (Å²) in [7, 11) is 0. The molecular formula is C15H15N7O3. The lowest BCUT2D eigenvalue weighted by Gasteiger charge is -2.04. The number of rotatable bonds is 6. The van der Waals surface area contributed by atoms with Gasteiger partial charge in [-0.1, -0.05) is 0 Å². The first-order valence-electron chi connectivity index (χ1n) is 7.28. The Morgan fingerprint density at radius 1 is 1.36 bits per heavy atom. The van der Waals surface area contributed by atoms with E-state index in [4.69, 9.17) is 10.5 Å². The van der Waals surface area contributed by atoms with Crippen molar-refractivity contribution in [1.29, 1.82) is 0 Å². The third-order valence-corrected chi connectivity index (χ3v) is 3.22. The van der Waals surface area contributed by atoms with Gasteiger partial charge in [0.15, 0.2) is 0 Å². The number of nitrogens with two attached hydrogens (primary N) is 1. The molecule has 0 unspecified atom stereocenters. The highest BCUT2D eigenvalue weighted by Gasteiger charge is 2.10. The van der Waals surface area contributed by atoms with Gasteiger partial charge in [0.05, 0.1) is 35.5 Å². The smallest absolute Gasteiger partial charge is 0.390 e. The fourth-order valence-corrected chi connectivity index (χ4v) is 2.04. The molecule has 0 radical (unpaired) electrons. The Morgan fingerprint density at radius 3 is 2.72 bits per heavy atom. The Morgan fingerprint density at radius 2 is 2.12 bits per heavy atom. The molecule has 10 nitrogen and oxygen atoms in total. The van der Waals surface area contributed by atoms with Gasteiger partial charge in [0.2, 0.25) is 12.7 Å². The van der Waals surface area contributed by atoms with E-state index in [1.807, 2.05) is 19.1 Å². The number of nitro groups is 1. The number of nitrogen functional groups attached to an aromatic ring is 1.